The minimum absolute atomic E-state index is 0.150. The topological polar surface area (TPSA) is 34.9 Å². The lowest BCUT2D eigenvalue weighted by Gasteiger charge is -2.12. The number of thiophene rings is 1. The molecule has 0 aliphatic carbocycles. The van der Waals surface area contributed by atoms with E-state index in [-0.39, 0.29) is 23.7 Å². The lowest BCUT2D eigenvalue weighted by atomic mass is 10.2. The standard InChI is InChI=1S/C20H13BrF2N2OS2/c21-14-4-3-13(16(23)9-14)11-28-20-24-17-7-8-27-18(17)19(26)25(20)10-12-1-5-15(22)6-2-12/h1-9H,10-11H2. The average Bonchev–Trinajstić information content (AvgIpc) is 3.14. The molecule has 0 unspecified atom stereocenters. The summed E-state index contributed by atoms with van der Waals surface area (Å²) in [5.41, 5.74) is 1.80. The van der Waals surface area contributed by atoms with Crippen LogP contribution in [0.4, 0.5) is 8.78 Å². The van der Waals surface area contributed by atoms with E-state index in [0.717, 1.165) is 5.56 Å². The van der Waals surface area contributed by atoms with Crippen LogP contribution in [-0.4, -0.2) is 9.55 Å². The Kier molecular flexibility index (Phi) is 5.61. The van der Waals surface area contributed by atoms with Crippen molar-refractivity contribution in [3.63, 3.8) is 0 Å². The van der Waals surface area contributed by atoms with E-state index in [1.54, 1.807) is 34.9 Å². The quantitative estimate of drug-likeness (QED) is 0.267. The molecule has 0 amide bonds. The van der Waals surface area contributed by atoms with Crippen molar-refractivity contribution >= 4 is 49.2 Å². The third-order valence-electron chi connectivity index (χ3n) is 4.16. The first-order chi connectivity index (χ1) is 13.5. The van der Waals surface area contributed by atoms with E-state index in [0.29, 0.717) is 31.2 Å². The number of benzene rings is 2. The normalized spacial score (nSPS) is 11.2. The molecule has 0 bridgehead atoms. The van der Waals surface area contributed by atoms with Crippen molar-refractivity contribution < 1.29 is 8.78 Å². The second-order valence-electron chi connectivity index (χ2n) is 6.07. The third kappa shape index (κ3) is 4.04. The van der Waals surface area contributed by atoms with Gasteiger partial charge in [-0.05, 0) is 46.8 Å². The highest BCUT2D eigenvalue weighted by Crippen LogP contribution is 2.26. The number of hydrogen-bond donors (Lipinski definition) is 0. The highest BCUT2D eigenvalue weighted by molar-refractivity contribution is 9.10. The Morgan fingerprint density at radius 3 is 2.64 bits per heavy atom. The van der Waals surface area contributed by atoms with E-state index in [9.17, 15) is 13.6 Å². The number of hydrogen-bond acceptors (Lipinski definition) is 4. The molecule has 0 radical (unpaired) electrons. The van der Waals surface area contributed by atoms with Crippen LogP contribution < -0.4 is 5.56 Å². The van der Waals surface area contributed by atoms with E-state index >= 15 is 0 Å². The van der Waals surface area contributed by atoms with Gasteiger partial charge in [-0.25, -0.2) is 13.8 Å². The summed E-state index contributed by atoms with van der Waals surface area (Å²) in [6, 6.07) is 12.7. The third-order valence-corrected chi connectivity index (χ3v) is 6.57. The van der Waals surface area contributed by atoms with Gasteiger partial charge in [-0.2, -0.15) is 0 Å². The molecule has 2 aromatic carbocycles. The summed E-state index contributed by atoms with van der Waals surface area (Å²) in [6.07, 6.45) is 0. The highest BCUT2D eigenvalue weighted by Gasteiger charge is 2.14. The van der Waals surface area contributed by atoms with Gasteiger partial charge in [0.05, 0.1) is 12.1 Å². The smallest absolute Gasteiger partial charge is 0.272 e. The van der Waals surface area contributed by atoms with Crippen molar-refractivity contribution in [1.82, 2.24) is 9.55 Å². The summed E-state index contributed by atoms with van der Waals surface area (Å²) < 4.78 is 30.2. The van der Waals surface area contributed by atoms with Crippen molar-refractivity contribution in [1.29, 1.82) is 0 Å². The van der Waals surface area contributed by atoms with Crippen LogP contribution in [0.25, 0.3) is 10.2 Å². The maximum atomic E-state index is 14.2. The molecule has 0 aliphatic heterocycles. The maximum absolute atomic E-state index is 14.2. The van der Waals surface area contributed by atoms with E-state index in [1.165, 1.54) is 41.3 Å². The summed E-state index contributed by atoms with van der Waals surface area (Å²) in [7, 11) is 0. The van der Waals surface area contributed by atoms with Gasteiger partial charge in [-0.1, -0.05) is 45.9 Å². The fourth-order valence-electron chi connectivity index (χ4n) is 2.73. The molecule has 3 nitrogen and oxygen atoms in total. The molecule has 0 saturated heterocycles. The second kappa shape index (κ2) is 8.14. The number of fused-ring (bicyclic) bond motifs is 1. The lowest BCUT2D eigenvalue weighted by molar-refractivity contribution is 0.615. The van der Waals surface area contributed by atoms with Crippen LogP contribution >= 0.6 is 39.0 Å². The van der Waals surface area contributed by atoms with E-state index in [2.05, 4.69) is 20.9 Å². The fourth-order valence-corrected chi connectivity index (χ4v) is 4.82. The van der Waals surface area contributed by atoms with Crippen LogP contribution in [-0.2, 0) is 12.3 Å². The van der Waals surface area contributed by atoms with Crippen molar-refractivity contribution in [2.45, 2.75) is 17.5 Å². The molecule has 8 heteroatoms. The average molecular weight is 479 g/mol. The Morgan fingerprint density at radius 2 is 1.89 bits per heavy atom. The lowest BCUT2D eigenvalue weighted by Crippen LogP contribution is -2.23. The van der Waals surface area contributed by atoms with Crippen LogP contribution in [0.5, 0.6) is 0 Å². The van der Waals surface area contributed by atoms with Crippen LogP contribution in [0, 0.1) is 11.6 Å². The van der Waals surface area contributed by atoms with Gasteiger partial charge in [0.2, 0.25) is 0 Å². The van der Waals surface area contributed by atoms with E-state index in [4.69, 9.17) is 0 Å². The van der Waals surface area contributed by atoms with Crippen LogP contribution in [0.15, 0.2) is 68.3 Å². The molecule has 0 aliphatic rings. The van der Waals surface area contributed by atoms with Gasteiger partial charge < -0.3 is 0 Å². The highest BCUT2D eigenvalue weighted by atomic mass is 79.9. The summed E-state index contributed by atoms with van der Waals surface area (Å²) in [6.45, 7) is 0.269. The summed E-state index contributed by atoms with van der Waals surface area (Å²) in [4.78, 5) is 17.6. The monoisotopic (exact) mass is 478 g/mol. The zero-order valence-electron chi connectivity index (χ0n) is 14.4. The molecule has 0 fully saturated rings. The van der Waals surface area contributed by atoms with Gasteiger partial charge >= 0.3 is 0 Å². The summed E-state index contributed by atoms with van der Waals surface area (Å²) in [5, 5.41) is 2.33. The Labute approximate surface area is 176 Å². The minimum Gasteiger partial charge on any atom is -0.282 e. The van der Waals surface area contributed by atoms with Crippen molar-refractivity contribution in [3.8, 4) is 0 Å². The van der Waals surface area contributed by atoms with Gasteiger partial charge in [0.25, 0.3) is 5.56 Å². The maximum Gasteiger partial charge on any atom is 0.272 e. The van der Waals surface area contributed by atoms with Crippen LogP contribution in [0.1, 0.15) is 11.1 Å². The second-order valence-corrected chi connectivity index (χ2v) is 8.85. The number of rotatable bonds is 5. The largest absolute Gasteiger partial charge is 0.282 e. The van der Waals surface area contributed by atoms with E-state index < -0.39 is 0 Å². The molecule has 0 saturated carbocycles. The molecular formula is C20H13BrF2N2OS2. The molecule has 28 heavy (non-hydrogen) atoms. The van der Waals surface area contributed by atoms with Gasteiger partial charge in [-0.3, -0.25) is 9.36 Å². The zero-order chi connectivity index (χ0) is 19.7. The van der Waals surface area contributed by atoms with Gasteiger partial charge in [0.15, 0.2) is 5.16 Å². The first-order valence-electron chi connectivity index (χ1n) is 8.30. The number of nitrogens with zero attached hydrogens (tertiary/aromatic N) is 2. The molecule has 0 atom stereocenters. The zero-order valence-corrected chi connectivity index (χ0v) is 17.6. The number of aromatic nitrogens is 2. The Balaban J connectivity index is 1.71. The van der Waals surface area contributed by atoms with E-state index in [1.807, 2.05) is 5.38 Å². The molecule has 142 valence electrons. The molecule has 0 N–H and O–H groups in total. The molecule has 2 heterocycles. The minimum atomic E-state index is -0.330. The Morgan fingerprint density at radius 1 is 1.11 bits per heavy atom. The van der Waals surface area contributed by atoms with Crippen LogP contribution in [0.3, 0.4) is 0 Å². The molecule has 4 rings (SSSR count). The van der Waals surface area contributed by atoms with Crippen molar-refractivity contribution in [2.24, 2.45) is 0 Å². The predicted octanol–water partition coefficient (Wildman–Crippen LogP) is 5.84. The Hall–Kier alpha value is -2.03. The first kappa shape index (κ1) is 19.3. The predicted molar refractivity (Wildman–Crippen MR) is 113 cm³/mol. The molecule has 4 aromatic rings. The van der Waals surface area contributed by atoms with Crippen molar-refractivity contribution in [2.75, 3.05) is 0 Å². The van der Waals surface area contributed by atoms with Gasteiger partial charge in [-0.15, -0.1) is 11.3 Å². The SMILES string of the molecule is O=c1c2sccc2nc(SCc2ccc(Br)cc2F)n1Cc1ccc(F)cc1. The van der Waals surface area contributed by atoms with Crippen molar-refractivity contribution in [3.05, 3.63) is 91.5 Å². The summed E-state index contributed by atoms with van der Waals surface area (Å²) >= 11 is 5.89. The molecule has 2 aromatic heterocycles. The molecule has 0 spiro atoms. The first-order valence-corrected chi connectivity index (χ1v) is 11.0. The van der Waals surface area contributed by atoms with Gasteiger partial charge in [0, 0.05) is 10.2 Å². The van der Waals surface area contributed by atoms with Crippen LogP contribution in [0.2, 0.25) is 0 Å². The number of halogens is 3. The fraction of sp³-hybridized carbons (Fsp3) is 0.100. The number of thioether (sulfide) groups is 1. The summed E-state index contributed by atoms with van der Waals surface area (Å²) in [5.74, 6) is -0.306. The Bertz CT molecular complexity index is 1210. The van der Waals surface area contributed by atoms with Gasteiger partial charge in [0.1, 0.15) is 16.3 Å². The molecular weight excluding hydrogens is 466 g/mol.